The molecule has 0 aliphatic carbocycles. The van der Waals surface area contributed by atoms with E-state index < -0.39 is 5.82 Å². The Balaban J connectivity index is 1.59. The number of benzene rings is 3. The molecule has 0 bridgehead atoms. The number of carbonyl (C=O) groups is 2. The second kappa shape index (κ2) is 9.30. The van der Waals surface area contributed by atoms with Gasteiger partial charge in [0.05, 0.1) is 18.0 Å². The molecule has 0 unspecified atom stereocenters. The highest BCUT2D eigenvalue weighted by Gasteiger charge is 2.27. The van der Waals surface area contributed by atoms with Crippen molar-refractivity contribution >= 4 is 52.5 Å². The summed E-state index contributed by atoms with van der Waals surface area (Å²) >= 11 is 13.7. The molecule has 0 spiro atoms. The van der Waals surface area contributed by atoms with Crippen molar-refractivity contribution in [3.8, 4) is 0 Å². The molecule has 4 rings (SSSR count). The summed E-state index contributed by atoms with van der Waals surface area (Å²) in [6.45, 7) is 0.264. The second-order valence-corrected chi connectivity index (χ2v) is 8.76. The minimum absolute atomic E-state index is 0.0113. The second-order valence-electron chi connectivity index (χ2n) is 6.93. The van der Waals surface area contributed by atoms with Crippen LogP contribution in [0.3, 0.4) is 0 Å². The van der Waals surface area contributed by atoms with Gasteiger partial charge in [0, 0.05) is 32.6 Å². The first kappa shape index (κ1) is 21.7. The number of anilines is 1. The molecule has 1 N–H and O–H groups in total. The number of nitrogens with zero attached hydrogens (tertiary/aromatic N) is 1. The van der Waals surface area contributed by atoms with Crippen LogP contribution < -0.4 is 10.2 Å². The molecule has 3 aromatic rings. The summed E-state index contributed by atoms with van der Waals surface area (Å²) in [5.41, 5.74) is 2.00. The molecule has 1 heterocycles. The molecule has 2 amide bonds. The van der Waals surface area contributed by atoms with Crippen LogP contribution in [0.1, 0.15) is 21.5 Å². The normalized spacial score (nSPS) is 13.1. The Kier molecular flexibility index (Phi) is 6.51. The lowest BCUT2D eigenvalue weighted by molar-refractivity contribution is -0.116. The number of rotatable bonds is 5. The number of nitrogens with one attached hydrogen (secondary N) is 1. The number of hydrogen-bond acceptors (Lipinski definition) is 3. The number of amides is 2. The molecule has 158 valence electrons. The average molecular weight is 475 g/mol. The van der Waals surface area contributed by atoms with Crippen molar-refractivity contribution in [3.05, 3.63) is 93.2 Å². The lowest BCUT2D eigenvalue weighted by atomic mass is 10.1. The highest BCUT2D eigenvalue weighted by atomic mass is 35.5. The van der Waals surface area contributed by atoms with Crippen molar-refractivity contribution in [2.24, 2.45) is 0 Å². The zero-order chi connectivity index (χ0) is 22.0. The van der Waals surface area contributed by atoms with Crippen LogP contribution in [0.4, 0.5) is 10.1 Å². The highest BCUT2D eigenvalue weighted by Crippen LogP contribution is 2.37. The van der Waals surface area contributed by atoms with E-state index in [-0.39, 0.29) is 41.2 Å². The van der Waals surface area contributed by atoms with E-state index in [4.69, 9.17) is 23.2 Å². The molecular formula is C23H17Cl2FN2O2S. The number of hydrogen-bond donors (Lipinski definition) is 1. The molecule has 0 radical (unpaired) electrons. The molecule has 1 aliphatic heterocycles. The third-order valence-corrected chi connectivity index (χ3v) is 6.71. The lowest BCUT2D eigenvalue weighted by Gasteiger charge is -2.30. The Morgan fingerprint density at radius 1 is 1.06 bits per heavy atom. The van der Waals surface area contributed by atoms with Crippen LogP contribution in [-0.2, 0) is 17.9 Å². The van der Waals surface area contributed by atoms with Crippen LogP contribution in [0, 0.1) is 5.82 Å². The smallest absolute Gasteiger partial charge is 0.251 e. The van der Waals surface area contributed by atoms with E-state index in [1.54, 1.807) is 30.3 Å². The minimum Gasteiger partial charge on any atom is -0.348 e. The Morgan fingerprint density at radius 2 is 1.84 bits per heavy atom. The van der Waals surface area contributed by atoms with E-state index in [9.17, 15) is 14.0 Å². The van der Waals surface area contributed by atoms with Gasteiger partial charge in [0.15, 0.2) is 0 Å². The van der Waals surface area contributed by atoms with Gasteiger partial charge in [0.25, 0.3) is 5.91 Å². The topological polar surface area (TPSA) is 49.4 Å². The molecule has 4 nitrogen and oxygen atoms in total. The third-order valence-electron chi connectivity index (χ3n) is 4.94. The van der Waals surface area contributed by atoms with Crippen molar-refractivity contribution < 1.29 is 14.0 Å². The third kappa shape index (κ3) is 4.71. The largest absolute Gasteiger partial charge is 0.348 e. The quantitative estimate of drug-likeness (QED) is 0.515. The van der Waals surface area contributed by atoms with Crippen LogP contribution >= 0.6 is 35.0 Å². The van der Waals surface area contributed by atoms with Crippen LogP contribution in [0.15, 0.2) is 65.6 Å². The molecule has 0 saturated heterocycles. The van der Waals surface area contributed by atoms with E-state index in [1.807, 2.05) is 18.2 Å². The van der Waals surface area contributed by atoms with Crippen molar-refractivity contribution in [2.75, 3.05) is 10.7 Å². The number of carbonyl (C=O) groups excluding carboxylic acids is 2. The first-order valence-electron chi connectivity index (χ1n) is 9.46. The first-order chi connectivity index (χ1) is 14.9. The number of fused-ring (bicyclic) bond motifs is 1. The fourth-order valence-electron chi connectivity index (χ4n) is 3.28. The van der Waals surface area contributed by atoms with Crippen molar-refractivity contribution in [1.82, 2.24) is 5.32 Å². The molecule has 8 heteroatoms. The Bertz CT molecular complexity index is 1150. The average Bonchev–Trinajstić information content (AvgIpc) is 2.76. The van der Waals surface area contributed by atoms with Crippen LogP contribution in [0.25, 0.3) is 0 Å². The fraction of sp³-hybridized carbons (Fsp3) is 0.130. The minimum atomic E-state index is -0.478. The number of thioether (sulfide) groups is 1. The summed E-state index contributed by atoms with van der Waals surface area (Å²) in [7, 11) is 0. The fourth-order valence-corrected chi connectivity index (χ4v) is 4.62. The van der Waals surface area contributed by atoms with E-state index in [1.165, 1.54) is 28.8 Å². The summed E-state index contributed by atoms with van der Waals surface area (Å²) in [4.78, 5) is 27.7. The summed E-state index contributed by atoms with van der Waals surface area (Å²) in [5.74, 6) is -0.717. The van der Waals surface area contributed by atoms with Gasteiger partial charge < -0.3 is 10.2 Å². The summed E-state index contributed by atoms with van der Waals surface area (Å²) in [6, 6.07) is 16.8. The first-order valence-corrected chi connectivity index (χ1v) is 11.2. The van der Waals surface area contributed by atoms with E-state index in [2.05, 4.69) is 5.32 Å². The molecule has 1 aliphatic rings. The van der Waals surface area contributed by atoms with Gasteiger partial charge in [-0.05, 0) is 42.0 Å². The molecule has 31 heavy (non-hydrogen) atoms. The van der Waals surface area contributed by atoms with E-state index >= 15 is 0 Å². The predicted molar refractivity (Wildman–Crippen MR) is 122 cm³/mol. The Hall–Kier alpha value is -2.54. The van der Waals surface area contributed by atoms with E-state index in [0.29, 0.717) is 16.3 Å². The maximum atomic E-state index is 14.3. The molecule has 3 aromatic carbocycles. The van der Waals surface area contributed by atoms with Gasteiger partial charge in [-0.3, -0.25) is 9.59 Å². The zero-order valence-electron chi connectivity index (χ0n) is 16.2. The zero-order valence-corrected chi connectivity index (χ0v) is 18.5. The van der Waals surface area contributed by atoms with Gasteiger partial charge in [0.2, 0.25) is 5.91 Å². The van der Waals surface area contributed by atoms with Crippen molar-refractivity contribution in [3.63, 3.8) is 0 Å². The molecular weight excluding hydrogens is 458 g/mol. The van der Waals surface area contributed by atoms with Gasteiger partial charge in [0.1, 0.15) is 5.82 Å². The van der Waals surface area contributed by atoms with Gasteiger partial charge >= 0.3 is 0 Å². The maximum Gasteiger partial charge on any atom is 0.251 e. The predicted octanol–water partition coefficient (Wildman–Crippen LogP) is 5.70. The maximum absolute atomic E-state index is 14.3. The standard InChI is InChI=1S/C23H17Cl2FN2O2S/c24-17-5-2-1-4-15(17)11-27-23(30)14-8-9-21-20(10-14)28(22(29)13-31-21)12-16-18(25)6-3-7-19(16)26/h1-10H,11-13H2,(H,27,30). The number of halogens is 3. The Morgan fingerprint density at radius 3 is 2.61 bits per heavy atom. The van der Waals surface area contributed by atoms with Crippen LogP contribution in [0.2, 0.25) is 10.0 Å². The van der Waals surface area contributed by atoms with E-state index in [0.717, 1.165) is 10.5 Å². The summed E-state index contributed by atoms with van der Waals surface area (Å²) in [6.07, 6.45) is 0. The molecule has 0 saturated carbocycles. The summed E-state index contributed by atoms with van der Waals surface area (Å²) in [5, 5.41) is 3.67. The van der Waals surface area contributed by atoms with Gasteiger partial charge in [-0.1, -0.05) is 47.5 Å². The van der Waals surface area contributed by atoms with Crippen LogP contribution in [-0.4, -0.2) is 17.6 Å². The lowest BCUT2D eigenvalue weighted by Crippen LogP contribution is -2.35. The van der Waals surface area contributed by atoms with Gasteiger partial charge in [-0.25, -0.2) is 4.39 Å². The summed E-state index contributed by atoms with van der Waals surface area (Å²) < 4.78 is 14.3. The van der Waals surface area contributed by atoms with Crippen molar-refractivity contribution in [1.29, 1.82) is 0 Å². The monoisotopic (exact) mass is 474 g/mol. The van der Waals surface area contributed by atoms with Gasteiger partial charge in [-0.2, -0.15) is 0 Å². The highest BCUT2D eigenvalue weighted by molar-refractivity contribution is 8.00. The molecule has 0 fully saturated rings. The SMILES string of the molecule is O=C(NCc1ccccc1Cl)c1ccc2c(c1)N(Cc1c(F)cccc1Cl)C(=O)CS2. The van der Waals surface area contributed by atoms with Gasteiger partial charge in [-0.15, -0.1) is 11.8 Å². The van der Waals surface area contributed by atoms with Crippen LogP contribution in [0.5, 0.6) is 0 Å². The van der Waals surface area contributed by atoms with Crippen molar-refractivity contribution in [2.45, 2.75) is 18.0 Å². The molecule has 0 atom stereocenters. The molecule has 0 aromatic heterocycles. The Labute approximate surface area is 193 Å².